The second-order valence-electron chi connectivity index (χ2n) is 4.86. The van der Waals surface area contributed by atoms with Crippen molar-refractivity contribution in [3.63, 3.8) is 0 Å². The van der Waals surface area contributed by atoms with Gasteiger partial charge in [0.1, 0.15) is 11.4 Å². The third kappa shape index (κ3) is 2.20. The Kier molecular flexibility index (Phi) is 2.95. The van der Waals surface area contributed by atoms with Crippen LogP contribution in [0.15, 0.2) is 0 Å². The second kappa shape index (κ2) is 4.47. The smallest absolute Gasteiger partial charge is 0.329 e. The molecular formula is C11H15N3O3S. The van der Waals surface area contributed by atoms with E-state index in [1.807, 2.05) is 0 Å². The highest BCUT2D eigenvalue weighted by Crippen LogP contribution is 2.39. The zero-order valence-corrected chi connectivity index (χ0v) is 10.7. The average molecular weight is 269 g/mol. The van der Waals surface area contributed by atoms with E-state index in [2.05, 4.69) is 14.7 Å². The summed E-state index contributed by atoms with van der Waals surface area (Å²) in [6, 6.07) is 0. The number of ether oxygens (including phenoxy) is 1. The van der Waals surface area contributed by atoms with Crippen LogP contribution in [0, 0.1) is 0 Å². The van der Waals surface area contributed by atoms with Gasteiger partial charge in [0.25, 0.3) is 0 Å². The van der Waals surface area contributed by atoms with Gasteiger partial charge in [0.05, 0.1) is 0 Å². The minimum absolute atomic E-state index is 0.459. The van der Waals surface area contributed by atoms with Crippen molar-refractivity contribution < 1.29 is 14.6 Å². The first-order valence-electron chi connectivity index (χ1n) is 6.12. The highest BCUT2D eigenvalue weighted by molar-refractivity contribution is 7.09. The van der Waals surface area contributed by atoms with Crippen molar-refractivity contribution >= 4 is 22.6 Å². The predicted molar refractivity (Wildman–Crippen MR) is 65.9 cm³/mol. The molecule has 1 aliphatic heterocycles. The molecule has 2 fully saturated rings. The maximum absolute atomic E-state index is 11.5. The molecule has 1 aromatic rings. The molecule has 0 atom stereocenters. The van der Waals surface area contributed by atoms with Gasteiger partial charge in [-0.05, 0) is 12.8 Å². The van der Waals surface area contributed by atoms with Crippen LogP contribution in [0.25, 0.3) is 0 Å². The Hall–Kier alpha value is -1.21. The molecule has 0 bridgehead atoms. The molecule has 3 rings (SSSR count). The Balaban J connectivity index is 1.76. The van der Waals surface area contributed by atoms with Gasteiger partial charge < -0.3 is 15.2 Å². The lowest BCUT2D eigenvalue weighted by atomic mass is 9.90. The Bertz CT molecular complexity index is 452. The van der Waals surface area contributed by atoms with Crippen molar-refractivity contribution in [1.29, 1.82) is 0 Å². The second-order valence-corrected chi connectivity index (χ2v) is 5.61. The van der Waals surface area contributed by atoms with Crippen molar-refractivity contribution in [1.82, 2.24) is 9.36 Å². The molecule has 7 heteroatoms. The number of rotatable bonds is 4. The highest BCUT2D eigenvalue weighted by Gasteiger charge is 2.41. The maximum atomic E-state index is 11.5. The first-order chi connectivity index (χ1) is 8.70. The third-order valence-electron chi connectivity index (χ3n) is 3.49. The van der Waals surface area contributed by atoms with E-state index in [4.69, 9.17) is 4.74 Å². The van der Waals surface area contributed by atoms with Gasteiger partial charge in [-0.15, -0.1) is 0 Å². The molecule has 2 heterocycles. The lowest BCUT2D eigenvalue weighted by Crippen LogP contribution is -2.50. The van der Waals surface area contributed by atoms with E-state index < -0.39 is 11.5 Å². The van der Waals surface area contributed by atoms with Crippen LogP contribution in [0.5, 0.6) is 0 Å². The minimum atomic E-state index is -0.946. The molecule has 1 saturated heterocycles. The van der Waals surface area contributed by atoms with Gasteiger partial charge in [0, 0.05) is 43.5 Å². The topological polar surface area (TPSA) is 84.3 Å². The molecule has 1 aliphatic carbocycles. The summed E-state index contributed by atoms with van der Waals surface area (Å²) >= 11 is 1.25. The molecule has 18 heavy (non-hydrogen) atoms. The lowest BCUT2D eigenvalue weighted by Gasteiger charge is -2.33. The van der Waals surface area contributed by atoms with Crippen molar-refractivity contribution in [3.05, 3.63) is 5.82 Å². The van der Waals surface area contributed by atoms with E-state index in [0.29, 0.717) is 37.1 Å². The maximum Gasteiger partial charge on any atom is 0.329 e. The fourth-order valence-electron chi connectivity index (χ4n) is 2.11. The number of carboxylic acids is 1. The molecule has 0 aromatic carbocycles. The zero-order chi connectivity index (χ0) is 12.6. The number of nitrogens with one attached hydrogen (secondary N) is 1. The Morgan fingerprint density at radius 3 is 2.78 bits per heavy atom. The minimum Gasteiger partial charge on any atom is -0.480 e. The Morgan fingerprint density at radius 1 is 1.44 bits per heavy atom. The fraction of sp³-hybridized carbons (Fsp3) is 0.727. The summed E-state index contributed by atoms with van der Waals surface area (Å²) < 4.78 is 9.51. The van der Waals surface area contributed by atoms with Crippen molar-refractivity contribution in [2.75, 3.05) is 18.5 Å². The molecule has 0 spiro atoms. The molecule has 98 valence electrons. The molecule has 0 radical (unpaired) electrons. The van der Waals surface area contributed by atoms with E-state index in [1.54, 1.807) is 0 Å². The van der Waals surface area contributed by atoms with Gasteiger partial charge in [0.2, 0.25) is 5.13 Å². The predicted octanol–water partition coefficient (Wildman–Crippen LogP) is 1.46. The summed E-state index contributed by atoms with van der Waals surface area (Å²) in [4.78, 5) is 15.9. The molecule has 6 nitrogen and oxygen atoms in total. The molecule has 2 N–H and O–H groups in total. The quantitative estimate of drug-likeness (QED) is 0.861. The summed E-state index contributed by atoms with van der Waals surface area (Å²) in [5, 5.41) is 13.1. The number of aromatic nitrogens is 2. The van der Waals surface area contributed by atoms with Gasteiger partial charge in [-0.1, -0.05) is 0 Å². The third-order valence-corrected chi connectivity index (χ3v) is 4.13. The zero-order valence-electron chi connectivity index (χ0n) is 9.89. The van der Waals surface area contributed by atoms with Crippen LogP contribution in [0.3, 0.4) is 0 Å². The van der Waals surface area contributed by atoms with Crippen LogP contribution in [-0.2, 0) is 9.53 Å². The molecule has 0 unspecified atom stereocenters. The first kappa shape index (κ1) is 11.9. The number of aliphatic carboxylic acids is 1. The number of carbonyl (C=O) groups is 1. The normalized spacial score (nSPS) is 22.7. The van der Waals surface area contributed by atoms with Gasteiger partial charge in [0.15, 0.2) is 0 Å². The van der Waals surface area contributed by atoms with E-state index in [1.165, 1.54) is 11.5 Å². The van der Waals surface area contributed by atoms with Crippen LogP contribution >= 0.6 is 11.5 Å². The van der Waals surface area contributed by atoms with Crippen LogP contribution in [0.1, 0.15) is 37.4 Å². The Morgan fingerprint density at radius 2 is 2.17 bits per heavy atom. The number of carboxylic acid groups (broad SMARTS) is 1. The van der Waals surface area contributed by atoms with Gasteiger partial charge in [-0.25, -0.2) is 9.78 Å². The van der Waals surface area contributed by atoms with E-state index in [9.17, 15) is 9.90 Å². The number of hydrogen-bond donors (Lipinski definition) is 2. The molecular weight excluding hydrogens is 254 g/mol. The molecule has 1 saturated carbocycles. The first-order valence-corrected chi connectivity index (χ1v) is 6.90. The summed E-state index contributed by atoms with van der Waals surface area (Å²) in [7, 11) is 0. The molecule has 1 aromatic heterocycles. The SMILES string of the molecule is O=C(O)C1(Nc2nc(C3CC3)ns2)CCOCC1. The van der Waals surface area contributed by atoms with Crippen molar-refractivity contribution in [3.8, 4) is 0 Å². The van der Waals surface area contributed by atoms with E-state index in [-0.39, 0.29) is 0 Å². The van der Waals surface area contributed by atoms with Crippen molar-refractivity contribution in [2.24, 2.45) is 0 Å². The average Bonchev–Trinajstić information content (AvgIpc) is 3.12. The lowest BCUT2D eigenvalue weighted by molar-refractivity contribution is -0.145. The van der Waals surface area contributed by atoms with Gasteiger partial charge >= 0.3 is 5.97 Å². The van der Waals surface area contributed by atoms with Gasteiger partial charge in [-0.2, -0.15) is 4.37 Å². The van der Waals surface area contributed by atoms with Crippen LogP contribution < -0.4 is 5.32 Å². The van der Waals surface area contributed by atoms with Crippen molar-refractivity contribution in [2.45, 2.75) is 37.1 Å². The summed E-state index contributed by atoms with van der Waals surface area (Å²) in [5.41, 5.74) is -0.946. The monoisotopic (exact) mass is 269 g/mol. The van der Waals surface area contributed by atoms with E-state index >= 15 is 0 Å². The standard InChI is InChI=1S/C11H15N3O3S/c15-9(16)11(3-5-17-6-4-11)13-10-12-8(14-18-10)7-1-2-7/h7H,1-6H2,(H,15,16)(H,12,13,14). The summed E-state index contributed by atoms with van der Waals surface area (Å²) in [6.45, 7) is 0.932. The molecule has 0 amide bonds. The highest BCUT2D eigenvalue weighted by atomic mass is 32.1. The van der Waals surface area contributed by atoms with Gasteiger partial charge in [-0.3, -0.25) is 0 Å². The van der Waals surface area contributed by atoms with E-state index in [0.717, 1.165) is 18.7 Å². The molecule has 2 aliphatic rings. The number of anilines is 1. The number of nitrogens with zero attached hydrogens (tertiary/aromatic N) is 2. The summed E-state index contributed by atoms with van der Waals surface area (Å²) in [6.07, 6.45) is 3.21. The summed E-state index contributed by atoms with van der Waals surface area (Å²) in [5.74, 6) is 0.510. The van der Waals surface area contributed by atoms with Crippen LogP contribution in [0.4, 0.5) is 5.13 Å². The van der Waals surface area contributed by atoms with Crippen LogP contribution in [0.2, 0.25) is 0 Å². The fourth-order valence-corrected chi connectivity index (χ4v) is 2.86. The Labute approximate surface area is 109 Å². The largest absolute Gasteiger partial charge is 0.480 e. The van der Waals surface area contributed by atoms with Crippen LogP contribution in [-0.4, -0.2) is 39.2 Å². The number of hydrogen-bond acceptors (Lipinski definition) is 6.